The smallest absolute Gasteiger partial charge is 0.157 e. The fourth-order valence-electron chi connectivity index (χ4n) is 3.22. The molecular weight excluding hydrogens is 212 g/mol. The van der Waals surface area contributed by atoms with E-state index in [4.69, 9.17) is 9.47 Å². The lowest BCUT2D eigenvalue weighted by atomic mass is 9.87. The van der Waals surface area contributed by atoms with E-state index in [-0.39, 0.29) is 6.29 Å². The van der Waals surface area contributed by atoms with Gasteiger partial charge in [0.2, 0.25) is 0 Å². The number of hydrogen-bond acceptors (Lipinski definition) is 2. The Kier molecular flexibility index (Phi) is 4.63. The van der Waals surface area contributed by atoms with Gasteiger partial charge < -0.3 is 9.47 Å². The zero-order valence-electron chi connectivity index (χ0n) is 11.3. The lowest BCUT2D eigenvalue weighted by Crippen LogP contribution is -2.28. The van der Waals surface area contributed by atoms with Gasteiger partial charge in [0, 0.05) is 6.61 Å². The molecule has 1 heterocycles. The van der Waals surface area contributed by atoms with Crippen molar-refractivity contribution in [1.29, 1.82) is 0 Å². The third kappa shape index (κ3) is 3.32. The minimum absolute atomic E-state index is 0.0577. The highest BCUT2D eigenvalue weighted by atomic mass is 16.7. The van der Waals surface area contributed by atoms with E-state index in [0.717, 1.165) is 25.6 Å². The fraction of sp³-hybridized carbons (Fsp3) is 0.867. The maximum atomic E-state index is 5.95. The first-order chi connectivity index (χ1) is 8.18. The summed E-state index contributed by atoms with van der Waals surface area (Å²) < 4.78 is 11.6. The Bertz CT molecular complexity index is 256. The van der Waals surface area contributed by atoms with Crippen molar-refractivity contribution in [2.75, 3.05) is 13.2 Å². The van der Waals surface area contributed by atoms with Gasteiger partial charge in [-0.2, -0.15) is 0 Å². The summed E-state index contributed by atoms with van der Waals surface area (Å²) in [5.41, 5.74) is 1.33. The van der Waals surface area contributed by atoms with Crippen LogP contribution in [0.2, 0.25) is 0 Å². The third-order valence-corrected chi connectivity index (χ3v) is 4.43. The molecule has 1 saturated heterocycles. The summed E-state index contributed by atoms with van der Waals surface area (Å²) in [6, 6.07) is 0. The van der Waals surface area contributed by atoms with Crippen molar-refractivity contribution in [3.05, 3.63) is 12.2 Å². The molecule has 0 spiro atoms. The topological polar surface area (TPSA) is 18.5 Å². The highest BCUT2D eigenvalue weighted by Crippen LogP contribution is 2.40. The molecule has 0 aromatic rings. The molecule has 2 heteroatoms. The normalized spacial score (nSPS) is 38.2. The molecule has 0 bridgehead atoms. The molecule has 1 aliphatic heterocycles. The van der Waals surface area contributed by atoms with Gasteiger partial charge in [0.15, 0.2) is 6.29 Å². The van der Waals surface area contributed by atoms with Crippen molar-refractivity contribution in [1.82, 2.24) is 0 Å². The predicted molar refractivity (Wildman–Crippen MR) is 69.7 cm³/mol. The Balaban J connectivity index is 1.81. The van der Waals surface area contributed by atoms with Crippen LogP contribution in [0.5, 0.6) is 0 Å². The van der Waals surface area contributed by atoms with Crippen LogP contribution in [-0.2, 0) is 9.47 Å². The highest BCUT2D eigenvalue weighted by Gasteiger charge is 2.34. The minimum Gasteiger partial charge on any atom is -0.353 e. The summed E-state index contributed by atoms with van der Waals surface area (Å²) in [6.07, 6.45) is 6.16. The first-order valence-electron chi connectivity index (χ1n) is 7.07. The van der Waals surface area contributed by atoms with Crippen molar-refractivity contribution in [2.24, 2.45) is 17.8 Å². The van der Waals surface area contributed by atoms with E-state index in [1.165, 1.54) is 31.3 Å². The molecule has 2 aliphatic rings. The Morgan fingerprint density at radius 2 is 2.12 bits per heavy atom. The van der Waals surface area contributed by atoms with Crippen LogP contribution >= 0.6 is 0 Å². The first-order valence-corrected chi connectivity index (χ1v) is 7.07. The van der Waals surface area contributed by atoms with Crippen LogP contribution in [0.4, 0.5) is 0 Å². The SMILES string of the molecule is C=C(C)C1CCC(C)C1COC1CCCCO1. The van der Waals surface area contributed by atoms with Crippen molar-refractivity contribution >= 4 is 0 Å². The van der Waals surface area contributed by atoms with E-state index >= 15 is 0 Å². The van der Waals surface area contributed by atoms with E-state index < -0.39 is 0 Å². The lowest BCUT2D eigenvalue weighted by Gasteiger charge is -2.28. The summed E-state index contributed by atoms with van der Waals surface area (Å²) >= 11 is 0. The zero-order chi connectivity index (χ0) is 12.3. The average Bonchev–Trinajstić information content (AvgIpc) is 2.69. The van der Waals surface area contributed by atoms with Crippen LogP contribution < -0.4 is 0 Å². The quantitative estimate of drug-likeness (QED) is 0.694. The average molecular weight is 238 g/mol. The molecule has 4 unspecified atom stereocenters. The standard InChI is InChI=1S/C15H26O2/c1-11(2)13-8-7-12(3)14(13)10-17-15-6-4-5-9-16-15/h12-15H,1,4-10H2,2-3H3. The zero-order valence-corrected chi connectivity index (χ0v) is 11.3. The molecule has 2 fully saturated rings. The van der Waals surface area contributed by atoms with Gasteiger partial charge in [-0.15, -0.1) is 0 Å². The Morgan fingerprint density at radius 3 is 2.76 bits per heavy atom. The van der Waals surface area contributed by atoms with Gasteiger partial charge in [-0.25, -0.2) is 0 Å². The molecule has 4 atom stereocenters. The monoisotopic (exact) mass is 238 g/mol. The van der Waals surface area contributed by atoms with E-state index in [0.29, 0.717) is 11.8 Å². The van der Waals surface area contributed by atoms with E-state index in [2.05, 4.69) is 20.4 Å². The van der Waals surface area contributed by atoms with Gasteiger partial charge in [0.1, 0.15) is 0 Å². The van der Waals surface area contributed by atoms with Crippen LogP contribution in [0.25, 0.3) is 0 Å². The van der Waals surface area contributed by atoms with Crippen LogP contribution in [0.1, 0.15) is 46.0 Å². The molecule has 1 aliphatic carbocycles. The number of allylic oxidation sites excluding steroid dienone is 1. The van der Waals surface area contributed by atoms with Gasteiger partial charge in [-0.05, 0) is 56.8 Å². The van der Waals surface area contributed by atoms with Crippen molar-refractivity contribution in [3.8, 4) is 0 Å². The van der Waals surface area contributed by atoms with Gasteiger partial charge >= 0.3 is 0 Å². The molecule has 1 saturated carbocycles. The maximum Gasteiger partial charge on any atom is 0.157 e. The Morgan fingerprint density at radius 1 is 1.29 bits per heavy atom. The maximum absolute atomic E-state index is 5.95. The summed E-state index contributed by atoms with van der Waals surface area (Å²) in [4.78, 5) is 0. The van der Waals surface area contributed by atoms with E-state index in [1.54, 1.807) is 0 Å². The summed E-state index contributed by atoms with van der Waals surface area (Å²) in [6.45, 7) is 10.4. The summed E-state index contributed by atoms with van der Waals surface area (Å²) in [7, 11) is 0. The van der Waals surface area contributed by atoms with Crippen LogP contribution in [0, 0.1) is 17.8 Å². The Labute approximate surface area is 105 Å². The number of rotatable bonds is 4. The second kappa shape index (κ2) is 6.01. The van der Waals surface area contributed by atoms with Gasteiger partial charge in [-0.3, -0.25) is 0 Å². The molecular formula is C15H26O2. The summed E-state index contributed by atoms with van der Waals surface area (Å²) in [5, 5.41) is 0. The Hall–Kier alpha value is -0.340. The van der Waals surface area contributed by atoms with Gasteiger partial charge in [0.05, 0.1) is 6.61 Å². The highest BCUT2D eigenvalue weighted by molar-refractivity contribution is 5.03. The first kappa shape index (κ1) is 13.1. The second-order valence-corrected chi connectivity index (χ2v) is 5.80. The van der Waals surface area contributed by atoms with Crippen molar-refractivity contribution in [3.63, 3.8) is 0 Å². The van der Waals surface area contributed by atoms with Gasteiger partial charge in [0.25, 0.3) is 0 Å². The van der Waals surface area contributed by atoms with Crippen LogP contribution in [0.3, 0.4) is 0 Å². The molecule has 0 amide bonds. The third-order valence-electron chi connectivity index (χ3n) is 4.43. The van der Waals surface area contributed by atoms with Crippen molar-refractivity contribution in [2.45, 2.75) is 52.2 Å². The molecule has 2 rings (SSSR count). The molecule has 0 N–H and O–H groups in total. The molecule has 0 aromatic carbocycles. The summed E-state index contributed by atoms with van der Waals surface area (Å²) in [5.74, 6) is 2.08. The van der Waals surface area contributed by atoms with Crippen LogP contribution in [0.15, 0.2) is 12.2 Å². The van der Waals surface area contributed by atoms with E-state index in [9.17, 15) is 0 Å². The van der Waals surface area contributed by atoms with Crippen molar-refractivity contribution < 1.29 is 9.47 Å². The minimum atomic E-state index is 0.0577. The molecule has 98 valence electrons. The largest absolute Gasteiger partial charge is 0.353 e. The number of hydrogen-bond donors (Lipinski definition) is 0. The second-order valence-electron chi connectivity index (χ2n) is 5.80. The lowest BCUT2D eigenvalue weighted by molar-refractivity contribution is -0.171. The van der Waals surface area contributed by atoms with Gasteiger partial charge in [-0.1, -0.05) is 19.1 Å². The predicted octanol–water partition coefficient (Wildman–Crippen LogP) is 3.77. The fourth-order valence-corrected chi connectivity index (χ4v) is 3.22. The molecule has 0 radical (unpaired) electrons. The number of ether oxygens (including phenoxy) is 2. The van der Waals surface area contributed by atoms with E-state index in [1.807, 2.05) is 0 Å². The molecule has 0 aromatic heterocycles. The molecule has 17 heavy (non-hydrogen) atoms. The molecule has 2 nitrogen and oxygen atoms in total. The van der Waals surface area contributed by atoms with Crippen LogP contribution in [-0.4, -0.2) is 19.5 Å².